The molecular formula is C25H24FN3O3. The number of ether oxygens (including phenoxy) is 1. The second-order valence-electron chi connectivity index (χ2n) is 8.46. The van der Waals surface area contributed by atoms with E-state index in [0.717, 1.165) is 23.4 Å². The molecule has 5 rings (SSSR count). The predicted molar refractivity (Wildman–Crippen MR) is 121 cm³/mol. The number of amides is 2. The maximum Gasteiger partial charge on any atom is 0.321 e. The molecule has 2 amide bonds. The highest BCUT2D eigenvalue weighted by Crippen LogP contribution is 2.36. The zero-order valence-corrected chi connectivity index (χ0v) is 17.8. The first kappa shape index (κ1) is 20.3. The monoisotopic (exact) mass is 433 g/mol. The number of hydrogen-bond acceptors (Lipinski definition) is 3. The number of aromatic nitrogens is 1. The van der Waals surface area contributed by atoms with Crippen molar-refractivity contribution in [1.82, 2.24) is 9.47 Å². The van der Waals surface area contributed by atoms with Gasteiger partial charge in [0.15, 0.2) is 0 Å². The second-order valence-corrected chi connectivity index (χ2v) is 8.46. The summed E-state index contributed by atoms with van der Waals surface area (Å²) >= 11 is 0. The van der Waals surface area contributed by atoms with Crippen molar-refractivity contribution in [3.8, 4) is 16.9 Å². The maximum absolute atomic E-state index is 13.4. The molecule has 1 saturated heterocycles. The summed E-state index contributed by atoms with van der Waals surface area (Å²) in [5.41, 5.74) is 2.92. The molecule has 1 fully saturated rings. The summed E-state index contributed by atoms with van der Waals surface area (Å²) in [6.45, 7) is 1.67. The Bertz CT molecular complexity index is 1220. The van der Waals surface area contributed by atoms with Crippen LogP contribution in [0.3, 0.4) is 0 Å². The third-order valence-electron chi connectivity index (χ3n) is 6.37. The molecule has 0 spiro atoms. The number of rotatable bonds is 3. The van der Waals surface area contributed by atoms with Crippen LogP contribution in [0, 0.1) is 11.7 Å². The van der Waals surface area contributed by atoms with Crippen molar-refractivity contribution < 1.29 is 13.9 Å². The Hall–Kier alpha value is -3.61. The molecule has 2 bridgehead atoms. The van der Waals surface area contributed by atoms with E-state index >= 15 is 0 Å². The maximum atomic E-state index is 13.4. The van der Waals surface area contributed by atoms with Crippen molar-refractivity contribution in [3.05, 3.63) is 82.5 Å². The Morgan fingerprint density at radius 3 is 2.62 bits per heavy atom. The van der Waals surface area contributed by atoms with Crippen LogP contribution in [0.2, 0.25) is 0 Å². The minimum Gasteiger partial charge on any atom is -0.497 e. The minimum atomic E-state index is -0.390. The lowest BCUT2D eigenvalue weighted by Gasteiger charge is -2.42. The van der Waals surface area contributed by atoms with Crippen LogP contribution in [0.15, 0.2) is 65.5 Å². The molecule has 1 aromatic heterocycles. The van der Waals surface area contributed by atoms with Gasteiger partial charge in [-0.25, -0.2) is 9.18 Å². The van der Waals surface area contributed by atoms with Gasteiger partial charge in [-0.1, -0.05) is 18.2 Å². The number of pyridine rings is 1. The van der Waals surface area contributed by atoms with E-state index in [1.807, 2.05) is 41.0 Å². The first-order valence-electron chi connectivity index (χ1n) is 10.7. The highest BCUT2D eigenvalue weighted by Gasteiger charge is 2.36. The van der Waals surface area contributed by atoms with Crippen LogP contribution < -0.4 is 15.6 Å². The normalized spacial score (nSPS) is 19.2. The molecule has 3 aromatic rings. The SMILES string of the molecule is COc1ccc(-c2ccc3n(c2=O)CC2CC3CN(C(=O)Nc3cccc(F)c3)C2)cc1. The van der Waals surface area contributed by atoms with E-state index in [4.69, 9.17) is 4.74 Å². The summed E-state index contributed by atoms with van der Waals surface area (Å²) in [6.07, 6.45) is 0.949. The van der Waals surface area contributed by atoms with Crippen molar-refractivity contribution in [2.24, 2.45) is 5.92 Å². The van der Waals surface area contributed by atoms with Gasteiger partial charge in [0.25, 0.3) is 5.56 Å². The molecule has 3 heterocycles. The molecular weight excluding hydrogens is 409 g/mol. The molecule has 2 unspecified atom stereocenters. The first-order valence-corrected chi connectivity index (χ1v) is 10.7. The van der Waals surface area contributed by atoms with E-state index in [0.29, 0.717) is 30.9 Å². The van der Waals surface area contributed by atoms with Crippen molar-refractivity contribution >= 4 is 11.7 Å². The molecule has 0 aliphatic carbocycles. The highest BCUT2D eigenvalue weighted by atomic mass is 19.1. The molecule has 2 aliphatic heterocycles. The lowest BCUT2D eigenvalue weighted by atomic mass is 9.83. The van der Waals surface area contributed by atoms with Crippen LogP contribution in [0.25, 0.3) is 11.1 Å². The van der Waals surface area contributed by atoms with E-state index < -0.39 is 0 Å². The Balaban J connectivity index is 1.38. The lowest BCUT2D eigenvalue weighted by molar-refractivity contribution is 0.139. The Morgan fingerprint density at radius 1 is 1.06 bits per heavy atom. The number of fused-ring (bicyclic) bond motifs is 4. The fourth-order valence-electron chi connectivity index (χ4n) is 4.87. The van der Waals surface area contributed by atoms with Crippen molar-refractivity contribution in [2.45, 2.75) is 18.9 Å². The van der Waals surface area contributed by atoms with Crippen molar-refractivity contribution in [1.29, 1.82) is 0 Å². The molecule has 6 nitrogen and oxygen atoms in total. The van der Waals surface area contributed by atoms with Crippen LogP contribution in [0.5, 0.6) is 5.75 Å². The van der Waals surface area contributed by atoms with Gasteiger partial charge in [0.1, 0.15) is 11.6 Å². The van der Waals surface area contributed by atoms with E-state index in [1.165, 1.54) is 12.1 Å². The molecule has 2 aliphatic rings. The van der Waals surface area contributed by atoms with Crippen LogP contribution in [-0.2, 0) is 6.54 Å². The van der Waals surface area contributed by atoms with Gasteiger partial charge in [-0.2, -0.15) is 0 Å². The van der Waals surface area contributed by atoms with Gasteiger partial charge in [0, 0.05) is 42.5 Å². The van der Waals surface area contributed by atoms with Crippen LogP contribution in [0.4, 0.5) is 14.9 Å². The van der Waals surface area contributed by atoms with Crippen LogP contribution >= 0.6 is 0 Å². The predicted octanol–water partition coefficient (Wildman–Crippen LogP) is 4.31. The fraction of sp³-hybridized carbons (Fsp3) is 0.280. The Kier molecular flexibility index (Phi) is 5.17. The number of anilines is 1. The number of carbonyl (C=O) groups is 1. The third kappa shape index (κ3) is 3.75. The summed E-state index contributed by atoms with van der Waals surface area (Å²) in [6, 6.07) is 17.0. The molecule has 0 saturated carbocycles. The van der Waals surface area contributed by atoms with E-state index in [9.17, 15) is 14.0 Å². The minimum absolute atomic E-state index is 0.0000270. The third-order valence-corrected chi connectivity index (χ3v) is 6.37. The average Bonchev–Trinajstić information content (AvgIpc) is 2.80. The highest BCUT2D eigenvalue weighted by molar-refractivity contribution is 5.89. The zero-order valence-electron chi connectivity index (χ0n) is 17.8. The quantitative estimate of drug-likeness (QED) is 0.669. The van der Waals surface area contributed by atoms with Gasteiger partial charge in [-0.3, -0.25) is 4.79 Å². The second kappa shape index (κ2) is 8.15. The zero-order chi connectivity index (χ0) is 22.2. The fourth-order valence-corrected chi connectivity index (χ4v) is 4.87. The van der Waals surface area contributed by atoms with Crippen molar-refractivity contribution in [3.63, 3.8) is 0 Å². The summed E-state index contributed by atoms with van der Waals surface area (Å²) in [5.74, 6) is 0.652. The van der Waals surface area contributed by atoms with Gasteiger partial charge in [-0.05, 0) is 60.4 Å². The number of methoxy groups -OCH3 is 1. The van der Waals surface area contributed by atoms with Gasteiger partial charge < -0.3 is 19.5 Å². The van der Waals surface area contributed by atoms with Gasteiger partial charge in [0.05, 0.1) is 7.11 Å². The molecule has 32 heavy (non-hydrogen) atoms. The van der Waals surface area contributed by atoms with E-state index in [2.05, 4.69) is 5.32 Å². The van der Waals surface area contributed by atoms with E-state index in [1.54, 1.807) is 24.1 Å². The number of nitrogens with zero attached hydrogens (tertiary/aromatic N) is 2. The number of urea groups is 1. The number of nitrogens with one attached hydrogen (secondary N) is 1. The van der Waals surface area contributed by atoms with Crippen molar-refractivity contribution in [2.75, 3.05) is 25.5 Å². The Morgan fingerprint density at radius 2 is 1.88 bits per heavy atom. The molecule has 2 aromatic carbocycles. The summed E-state index contributed by atoms with van der Waals surface area (Å²) < 4.78 is 20.5. The van der Waals surface area contributed by atoms with Crippen LogP contribution in [0.1, 0.15) is 18.0 Å². The average molecular weight is 433 g/mol. The number of likely N-dealkylation sites (tertiary alicyclic amines) is 1. The topological polar surface area (TPSA) is 63.6 Å². The number of benzene rings is 2. The van der Waals surface area contributed by atoms with Gasteiger partial charge in [0.2, 0.25) is 0 Å². The first-order chi connectivity index (χ1) is 15.5. The number of hydrogen-bond donors (Lipinski definition) is 1. The number of halogens is 1. The standard InChI is InChI=1S/C25H24FN3O3/c1-32-21-7-5-17(6-8-21)22-9-10-23-18-11-16(14-29(23)24(22)30)13-28(15-18)25(31)27-20-4-2-3-19(26)12-20/h2-10,12,16,18H,11,13-15H2,1H3,(H,27,31). The molecule has 0 radical (unpaired) electrons. The summed E-state index contributed by atoms with van der Waals surface area (Å²) in [5, 5.41) is 2.79. The number of piperidine rings is 1. The molecule has 2 atom stereocenters. The molecule has 1 N–H and O–H groups in total. The smallest absolute Gasteiger partial charge is 0.321 e. The van der Waals surface area contributed by atoms with Crippen LogP contribution in [-0.4, -0.2) is 35.7 Å². The molecule has 7 heteroatoms. The Labute approximate surface area is 185 Å². The number of carbonyl (C=O) groups excluding carboxylic acids is 1. The van der Waals surface area contributed by atoms with Gasteiger partial charge in [-0.15, -0.1) is 0 Å². The van der Waals surface area contributed by atoms with E-state index in [-0.39, 0.29) is 29.2 Å². The molecule has 164 valence electrons. The summed E-state index contributed by atoms with van der Waals surface area (Å²) in [4.78, 5) is 27.9. The summed E-state index contributed by atoms with van der Waals surface area (Å²) in [7, 11) is 1.61. The lowest BCUT2D eigenvalue weighted by Crippen LogP contribution is -2.50. The largest absolute Gasteiger partial charge is 0.497 e. The van der Waals surface area contributed by atoms with Gasteiger partial charge >= 0.3 is 6.03 Å².